The van der Waals surface area contributed by atoms with Gasteiger partial charge in [0, 0.05) is 12.6 Å². The van der Waals surface area contributed by atoms with Gasteiger partial charge in [-0.2, -0.15) is 0 Å². The van der Waals surface area contributed by atoms with E-state index in [2.05, 4.69) is 5.32 Å². The van der Waals surface area contributed by atoms with Gasteiger partial charge < -0.3 is 14.8 Å². The lowest BCUT2D eigenvalue weighted by atomic mass is 10.1. The van der Waals surface area contributed by atoms with Crippen LogP contribution in [-0.4, -0.2) is 33.3 Å². The molecule has 1 aromatic carbocycles. The number of methoxy groups -OCH3 is 1. The lowest BCUT2D eigenvalue weighted by Gasteiger charge is -2.14. The maximum absolute atomic E-state index is 11.8. The van der Waals surface area contributed by atoms with Crippen molar-refractivity contribution in [1.82, 2.24) is 5.32 Å². The molecule has 0 spiro atoms. The molecule has 0 bridgehead atoms. The molecule has 0 radical (unpaired) electrons. The van der Waals surface area contributed by atoms with Gasteiger partial charge in [-0.3, -0.25) is 0 Å². The van der Waals surface area contributed by atoms with Gasteiger partial charge in [-0.25, -0.2) is 8.78 Å². The van der Waals surface area contributed by atoms with E-state index >= 15 is 0 Å². The summed E-state index contributed by atoms with van der Waals surface area (Å²) in [7, 11) is 1.62. The molecule has 0 fully saturated rings. The maximum atomic E-state index is 11.8. The van der Waals surface area contributed by atoms with E-state index in [4.69, 9.17) is 9.47 Å². The zero-order chi connectivity index (χ0) is 13.4. The molecule has 0 aliphatic rings. The molecule has 0 amide bonds. The summed E-state index contributed by atoms with van der Waals surface area (Å²) in [5.41, 5.74) is 1.12. The standard InChI is InChI=1S/C13H19F2NO2/c1-10(16-7-8-18-9-13(14)15)11-3-5-12(17-2)6-4-11/h3-6,10,13,16H,7-9H2,1-2H3. The third-order valence-corrected chi connectivity index (χ3v) is 2.56. The Morgan fingerprint density at radius 3 is 2.44 bits per heavy atom. The number of hydrogen-bond acceptors (Lipinski definition) is 3. The fourth-order valence-electron chi connectivity index (χ4n) is 1.53. The van der Waals surface area contributed by atoms with Crippen LogP contribution in [0, 0.1) is 0 Å². The molecule has 102 valence electrons. The summed E-state index contributed by atoms with van der Waals surface area (Å²) in [4.78, 5) is 0. The Morgan fingerprint density at radius 2 is 1.89 bits per heavy atom. The number of benzene rings is 1. The van der Waals surface area contributed by atoms with E-state index in [1.54, 1.807) is 7.11 Å². The Morgan fingerprint density at radius 1 is 1.22 bits per heavy atom. The monoisotopic (exact) mass is 259 g/mol. The second kappa shape index (κ2) is 8.00. The van der Waals surface area contributed by atoms with Crippen molar-refractivity contribution in [3.8, 4) is 5.75 Å². The van der Waals surface area contributed by atoms with Crippen LogP contribution in [0.4, 0.5) is 8.78 Å². The van der Waals surface area contributed by atoms with E-state index in [0.29, 0.717) is 6.54 Å². The summed E-state index contributed by atoms with van der Waals surface area (Å²) in [5.74, 6) is 0.811. The van der Waals surface area contributed by atoms with Crippen molar-refractivity contribution in [3.63, 3.8) is 0 Å². The molecule has 1 aromatic rings. The molecule has 0 heterocycles. The average molecular weight is 259 g/mol. The molecule has 1 unspecified atom stereocenters. The molecule has 0 aliphatic heterocycles. The second-order valence-corrected chi connectivity index (χ2v) is 3.91. The fourth-order valence-corrected chi connectivity index (χ4v) is 1.53. The van der Waals surface area contributed by atoms with Crippen molar-refractivity contribution < 1.29 is 18.3 Å². The number of nitrogens with one attached hydrogen (secondary N) is 1. The van der Waals surface area contributed by atoms with Crippen LogP contribution in [0.2, 0.25) is 0 Å². The van der Waals surface area contributed by atoms with E-state index in [-0.39, 0.29) is 12.6 Å². The van der Waals surface area contributed by atoms with E-state index in [0.717, 1.165) is 11.3 Å². The molecule has 0 aliphatic carbocycles. The van der Waals surface area contributed by atoms with Crippen LogP contribution in [0.1, 0.15) is 18.5 Å². The van der Waals surface area contributed by atoms with Crippen LogP contribution in [0.5, 0.6) is 5.75 Å². The second-order valence-electron chi connectivity index (χ2n) is 3.91. The Balaban J connectivity index is 2.25. The van der Waals surface area contributed by atoms with Gasteiger partial charge in [-0.05, 0) is 24.6 Å². The average Bonchev–Trinajstić information content (AvgIpc) is 2.38. The molecule has 1 N–H and O–H groups in total. The predicted octanol–water partition coefficient (Wildman–Crippen LogP) is 2.63. The van der Waals surface area contributed by atoms with Gasteiger partial charge in [-0.15, -0.1) is 0 Å². The first kappa shape index (κ1) is 14.9. The molecule has 0 aromatic heterocycles. The number of alkyl halides is 2. The quantitative estimate of drug-likeness (QED) is 0.728. The van der Waals surface area contributed by atoms with Crippen LogP contribution in [0.3, 0.4) is 0 Å². The first-order valence-corrected chi connectivity index (χ1v) is 5.86. The molecular weight excluding hydrogens is 240 g/mol. The molecule has 1 rings (SSSR count). The van der Waals surface area contributed by atoms with Crippen molar-refractivity contribution in [1.29, 1.82) is 0 Å². The first-order chi connectivity index (χ1) is 8.63. The highest BCUT2D eigenvalue weighted by Crippen LogP contribution is 2.16. The zero-order valence-electron chi connectivity index (χ0n) is 10.7. The van der Waals surface area contributed by atoms with Gasteiger partial charge >= 0.3 is 0 Å². The summed E-state index contributed by atoms with van der Waals surface area (Å²) in [5, 5.41) is 3.20. The highest BCUT2D eigenvalue weighted by atomic mass is 19.3. The van der Waals surface area contributed by atoms with Crippen LogP contribution in [-0.2, 0) is 4.74 Å². The van der Waals surface area contributed by atoms with Crippen molar-refractivity contribution in [2.75, 3.05) is 26.9 Å². The summed E-state index contributed by atoms with van der Waals surface area (Å²) >= 11 is 0. The third-order valence-electron chi connectivity index (χ3n) is 2.56. The molecule has 1 atom stereocenters. The molecule has 5 heteroatoms. The molecule has 18 heavy (non-hydrogen) atoms. The lowest BCUT2D eigenvalue weighted by molar-refractivity contribution is 0.0183. The molecular formula is C13H19F2NO2. The summed E-state index contributed by atoms with van der Waals surface area (Å²) in [6.07, 6.45) is -2.40. The van der Waals surface area contributed by atoms with Crippen LogP contribution in [0.25, 0.3) is 0 Å². The van der Waals surface area contributed by atoms with E-state index < -0.39 is 13.0 Å². The Hall–Kier alpha value is -1.20. The van der Waals surface area contributed by atoms with Crippen molar-refractivity contribution in [3.05, 3.63) is 29.8 Å². The highest BCUT2D eigenvalue weighted by Gasteiger charge is 2.05. The van der Waals surface area contributed by atoms with Gasteiger partial charge in [0.05, 0.1) is 13.7 Å². The summed E-state index contributed by atoms with van der Waals surface area (Å²) in [6.45, 7) is 2.33. The first-order valence-electron chi connectivity index (χ1n) is 5.86. The van der Waals surface area contributed by atoms with E-state index in [9.17, 15) is 8.78 Å². The molecule has 0 saturated carbocycles. The van der Waals surface area contributed by atoms with Gasteiger partial charge in [-0.1, -0.05) is 12.1 Å². The minimum Gasteiger partial charge on any atom is -0.497 e. The fraction of sp³-hybridized carbons (Fsp3) is 0.538. The van der Waals surface area contributed by atoms with E-state index in [1.165, 1.54) is 0 Å². The van der Waals surface area contributed by atoms with Crippen LogP contribution < -0.4 is 10.1 Å². The minimum absolute atomic E-state index is 0.144. The highest BCUT2D eigenvalue weighted by molar-refractivity contribution is 5.28. The zero-order valence-corrected chi connectivity index (χ0v) is 10.7. The van der Waals surface area contributed by atoms with Crippen LogP contribution in [0.15, 0.2) is 24.3 Å². The van der Waals surface area contributed by atoms with Crippen LogP contribution >= 0.6 is 0 Å². The summed E-state index contributed by atoms with van der Waals surface area (Å²) < 4.78 is 33.5. The van der Waals surface area contributed by atoms with Crippen molar-refractivity contribution in [2.24, 2.45) is 0 Å². The minimum atomic E-state index is -2.40. The topological polar surface area (TPSA) is 30.5 Å². The Kier molecular flexibility index (Phi) is 6.60. The number of halogens is 2. The smallest absolute Gasteiger partial charge is 0.261 e. The van der Waals surface area contributed by atoms with Gasteiger partial charge in [0.2, 0.25) is 0 Å². The third kappa shape index (κ3) is 5.42. The van der Waals surface area contributed by atoms with Gasteiger partial charge in [0.1, 0.15) is 12.4 Å². The van der Waals surface area contributed by atoms with Crippen molar-refractivity contribution >= 4 is 0 Å². The largest absolute Gasteiger partial charge is 0.497 e. The van der Waals surface area contributed by atoms with Gasteiger partial charge in [0.15, 0.2) is 0 Å². The summed E-state index contributed by atoms with van der Waals surface area (Å²) in [6, 6.07) is 7.86. The lowest BCUT2D eigenvalue weighted by Crippen LogP contribution is -2.24. The SMILES string of the molecule is COc1ccc(C(C)NCCOCC(F)F)cc1. The van der Waals surface area contributed by atoms with Gasteiger partial charge in [0.25, 0.3) is 6.43 Å². The maximum Gasteiger partial charge on any atom is 0.261 e. The number of hydrogen-bond donors (Lipinski definition) is 1. The Bertz CT molecular complexity index is 330. The normalized spacial score (nSPS) is 12.7. The number of ether oxygens (including phenoxy) is 2. The number of rotatable bonds is 8. The van der Waals surface area contributed by atoms with Crippen molar-refractivity contribution in [2.45, 2.75) is 19.4 Å². The molecule has 0 saturated heterocycles. The van der Waals surface area contributed by atoms with E-state index in [1.807, 2.05) is 31.2 Å². The molecule has 3 nitrogen and oxygen atoms in total. The predicted molar refractivity (Wildman–Crippen MR) is 66.2 cm³/mol. The Labute approximate surface area is 106 Å².